The maximum atomic E-state index is 4.13. The number of nitrogens with zero attached hydrogens (tertiary/aromatic N) is 4. The van der Waals surface area contributed by atoms with Crippen LogP contribution in [0.25, 0.3) is 5.65 Å². The minimum absolute atomic E-state index is 0.792. The third kappa shape index (κ3) is 0.655. The molecule has 2 aromatic heterocycles. The number of aryl methyl sites for hydroxylation is 1. The quantitative estimate of drug-likeness (QED) is 0.524. The van der Waals surface area contributed by atoms with Gasteiger partial charge in [0.2, 0.25) is 0 Å². The third-order valence-electron chi connectivity index (χ3n) is 1.27. The summed E-state index contributed by atoms with van der Waals surface area (Å²) >= 11 is 0. The highest BCUT2D eigenvalue weighted by Gasteiger charge is 1.94. The highest BCUT2D eigenvalue weighted by atomic mass is 15.3. The minimum atomic E-state index is 0.792. The van der Waals surface area contributed by atoms with Crippen LogP contribution in [0.2, 0.25) is 0 Å². The topological polar surface area (TPSA) is 43.1 Å². The molecule has 0 aromatic carbocycles. The molecule has 0 saturated carbocycles. The molecule has 10 heavy (non-hydrogen) atoms. The molecule has 0 saturated heterocycles. The Labute approximate surface area is 57.5 Å². The van der Waals surface area contributed by atoms with Crippen molar-refractivity contribution in [1.29, 1.82) is 0 Å². The lowest BCUT2D eigenvalue weighted by atomic mass is 10.5. The van der Waals surface area contributed by atoms with E-state index >= 15 is 0 Å². The summed E-state index contributed by atoms with van der Waals surface area (Å²) in [4.78, 5) is 0. The summed E-state index contributed by atoms with van der Waals surface area (Å²) in [6.45, 7) is 1.93. The van der Waals surface area contributed by atoms with Gasteiger partial charge in [0, 0.05) is 6.07 Å². The molecule has 50 valence electrons. The molecule has 2 aromatic rings. The predicted octanol–water partition coefficient (Wildman–Crippen LogP) is 0.433. The van der Waals surface area contributed by atoms with Gasteiger partial charge in [0.1, 0.15) is 0 Å². The summed E-state index contributed by atoms with van der Waals surface area (Å²) in [5.41, 5.74) is 1.75. The summed E-state index contributed by atoms with van der Waals surface area (Å²) in [5, 5.41) is 11.7. The number of hydrogen-bond acceptors (Lipinski definition) is 3. The Balaban J connectivity index is 2.88. The molecule has 0 amide bonds. The van der Waals surface area contributed by atoms with E-state index in [1.807, 2.05) is 13.0 Å². The Morgan fingerprint density at radius 3 is 3.20 bits per heavy atom. The van der Waals surface area contributed by atoms with Gasteiger partial charge in [-0.25, -0.2) is 4.52 Å². The van der Waals surface area contributed by atoms with Gasteiger partial charge in [-0.05, 0) is 6.92 Å². The first-order chi connectivity index (χ1) is 4.86. The van der Waals surface area contributed by atoms with E-state index in [0.717, 1.165) is 11.3 Å². The van der Waals surface area contributed by atoms with E-state index in [1.54, 1.807) is 16.9 Å². The molecule has 0 radical (unpaired) electrons. The Hall–Kier alpha value is -1.45. The molecule has 0 unspecified atom stereocenters. The lowest BCUT2D eigenvalue weighted by molar-refractivity contribution is 0.876. The van der Waals surface area contributed by atoms with Gasteiger partial charge in [0.05, 0.1) is 18.1 Å². The fourth-order valence-electron chi connectivity index (χ4n) is 0.873. The Bertz CT molecular complexity index is 318. The first-order valence-electron chi connectivity index (χ1n) is 3.00. The molecular weight excluding hydrogens is 128 g/mol. The maximum Gasteiger partial charge on any atom is 0.177 e. The molecule has 4 nitrogen and oxygen atoms in total. The highest BCUT2D eigenvalue weighted by molar-refractivity contribution is 5.36. The fraction of sp³-hybridized carbons (Fsp3) is 0.167. The average Bonchev–Trinajstić information content (AvgIpc) is 2.27. The second-order valence-electron chi connectivity index (χ2n) is 2.10. The largest absolute Gasteiger partial charge is 0.219 e. The maximum absolute atomic E-state index is 4.13. The van der Waals surface area contributed by atoms with Crippen molar-refractivity contribution < 1.29 is 0 Å². The SMILES string of the molecule is Cc1cc2nnccn2n1. The van der Waals surface area contributed by atoms with E-state index < -0.39 is 0 Å². The van der Waals surface area contributed by atoms with Crippen molar-refractivity contribution in [3.8, 4) is 0 Å². The number of rotatable bonds is 0. The van der Waals surface area contributed by atoms with Crippen LogP contribution in [0.5, 0.6) is 0 Å². The lowest BCUT2D eigenvalue weighted by Gasteiger charge is -1.84. The van der Waals surface area contributed by atoms with E-state index in [2.05, 4.69) is 15.3 Å². The van der Waals surface area contributed by atoms with Gasteiger partial charge >= 0.3 is 0 Å². The van der Waals surface area contributed by atoms with Crippen molar-refractivity contribution in [3.63, 3.8) is 0 Å². The van der Waals surface area contributed by atoms with Gasteiger partial charge in [0.15, 0.2) is 5.65 Å². The zero-order chi connectivity index (χ0) is 6.97. The van der Waals surface area contributed by atoms with Crippen molar-refractivity contribution in [3.05, 3.63) is 24.2 Å². The first kappa shape index (κ1) is 5.34. The second-order valence-corrected chi connectivity index (χ2v) is 2.10. The van der Waals surface area contributed by atoms with Crippen LogP contribution in [0.1, 0.15) is 5.69 Å². The van der Waals surface area contributed by atoms with Crippen LogP contribution in [-0.2, 0) is 0 Å². The monoisotopic (exact) mass is 134 g/mol. The second kappa shape index (κ2) is 1.76. The molecule has 0 bridgehead atoms. The van der Waals surface area contributed by atoms with E-state index in [9.17, 15) is 0 Å². The van der Waals surface area contributed by atoms with Crippen molar-refractivity contribution in [2.75, 3.05) is 0 Å². The average molecular weight is 134 g/mol. The number of hydrogen-bond donors (Lipinski definition) is 0. The summed E-state index contributed by atoms with van der Waals surface area (Å²) < 4.78 is 1.70. The smallest absolute Gasteiger partial charge is 0.177 e. The van der Waals surface area contributed by atoms with Gasteiger partial charge in [-0.3, -0.25) is 0 Å². The fourth-order valence-corrected chi connectivity index (χ4v) is 0.873. The first-order valence-corrected chi connectivity index (χ1v) is 3.00. The standard InChI is InChI=1S/C6H6N4/c1-5-4-6-8-7-2-3-10(6)9-5/h2-4H,1H3. The summed E-state index contributed by atoms with van der Waals surface area (Å²) in [7, 11) is 0. The van der Waals surface area contributed by atoms with Gasteiger partial charge in [0.25, 0.3) is 0 Å². The number of fused-ring (bicyclic) bond motifs is 1. The van der Waals surface area contributed by atoms with Crippen LogP contribution in [0, 0.1) is 6.92 Å². The molecule has 0 N–H and O–H groups in total. The minimum Gasteiger partial charge on any atom is -0.219 e. The third-order valence-corrected chi connectivity index (χ3v) is 1.27. The summed E-state index contributed by atoms with van der Waals surface area (Å²) in [6, 6.07) is 1.88. The van der Waals surface area contributed by atoms with Crippen LogP contribution in [0.15, 0.2) is 18.5 Å². The normalized spacial score (nSPS) is 10.5. The molecule has 0 aliphatic rings. The van der Waals surface area contributed by atoms with E-state index in [-0.39, 0.29) is 0 Å². The highest BCUT2D eigenvalue weighted by Crippen LogP contribution is 1.98. The Morgan fingerprint density at radius 1 is 1.50 bits per heavy atom. The van der Waals surface area contributed by atoms with E-state index in [0.29, 0.717) is 0 Å². The molecule has 2 heterocycles. The summed E-state index contributed by atoms with van der Waals surface area (Å²) in [6.07, 6.45) is 3.38. The van der Waals surface area contributed by atoms with E-state index in [4.69, 9.17) is 0 Å². The van der Waals surface area contributed by atoms with Crippen molar-refractivity contribution >= 4 is 5.65 Å². The number of aromatic nitrogens is 4. The molecule has 0 aliphatic heterocycles. The van der Waals surface area contributed by atoms with Crippen molar-refractivity contribution in [2.24, 2.45) is 0 Å². The molecule has 4 heteroatoms. The van der Waals surface area contributed by atoms with Gasteiger partial charge in [-0.1, -0.05) is 0 Å². The zero-order valence-corrected chi connectivity index (χ0v) is 5.52. The van der Waals surface area contributed by atoms with Gasteiger partial charge in [-0.2, -0.15) is 10.2 Å². The van der Waals surface area contributed by atoms with Crippen LogP contribution in [0.3, 0.4) is 0 Å². The lowest BCUT2D eigenvalue weighted by Crippen LogP contribution is -1.89. The van der Waals surface area contributed by atoms with Crippen LogP contribution in [-0.4, -0.2) is 19.8 Å². The van der Waals surface area contributed by atoms with Gasteiger partial charge in [-0.15, -0.1) is 5.10 Å². The Kier molecular flexibility index (Phi) is 0.943. The molecule has 0 aliphatic carbocycles. The zero-order valence-electron chi connectivity index (χ0n) is 5.52. The van der Waals surface area contributed by atoms with Crippen molar-refractivity contribution in [1.82, 2.24) is 19.8 Å². The van der Waals surface area contributed by atoms with Crippen LogP contribution < -0.4 is 0 Å². The molecule has 0 spiro atoms. The van der Waals surface area contributed by atoms with Crippen molar-refractivity contribution in [2.45, 2.75) is 6.92 Å². The molecule has 0 fully saturated rings. The molecule has 2 rings (SSSR count). The predicted molar refractivity (Wildman–Crippen MR) is 35.5 cm³/mol. The molecular formula is C6H6N4. The van der Waals surface area contributed by atoms with Gasteiger partial charge < -0.3 is 0 Å². The summed E-state index contributed by atoms with van der Waals surface area (Å²) in [5.74, 6) is 0. The Morgan fingerprint density at radius 2 is 2.40 bits per heavy atom. The van der Waals surface area contributed by atoms with Crippen LogP contribution in [0.4, 0.5) is 0 Å². The van der Waals surface area contributed by atoms with Crippen LogP contribution >= 0.6 is 0 Å². The molecule has 0 atom stereocenters. The van der Waals surface area contributed by atoms with E-state index in [1.165, 1.54) is 0 Å².